The first-order valence-corrected chi connectivity index (χ1v) is 13.5. The van der Waals surface area contributed by atoms with Gasteiger partial charge in [-0.1, -0.05) is 26.0 Å². The number of rotatable bonds is 7. The summed E-state index contributed by atoms with van der Waals surface area (Å²) in [6.45, 7) is 4.75. The van der Waals surface area contributed by atoms with Crippen molar-refractivity contribution in [1.29, 1.82) is 0 Å². The Hall–Kier alpha value is -4.15. The Kier molecular flexibility index (Phi) is 11.7. The van der Waals surface area contributed by atoms with Crippen molar-refractivity contribution in [3.05, 3.63) is 59.9 Å². The highest BCUT2D eigenvalue weighted by atomic mass is 19.1. The summed E-state index contributed by atoms with van der Waals surface area (Å²) in [5, 5.41) is 11.0. The molecular formula is C29H37FN4O6. The molecule has 1 aliphatic rings. The van der Waals surface area contributed by atoms with Crippen LogP contribution in [-0.4, -0.2) is 62.0 Å². The molecule has 0 unspecified atom stereocenters. The van der Waals surface area contributed by atoms with Crippen molar-refractivity contribution in [3.63, 3.8) is 0 Å². The van der Waals surface area contributed by atoms with E-state index in [1.165, 1.54) is 24.3 Å². The van der Waals surface area contributed by atoms with Gasteiger partial charge in [0.15, 0.2) is 0 Å². The van der Waals surface area contributed by atoms with Crippen LogP contribution in [0, 0.1) is 11.7 Å². The summed E-state index contributed by atoms with van der Waals surface area (Å²) in [4.78, 5) is 51.8. The molecule has 2 aromatic rings. The van der Waals surface area contributed by atoms with Crippen LogP contribution < -0.4 is 30.7 Å². The molecule has 0 saturated heterocycles. The maximum Gasteiger partial charge on any atom is 0.255 e. The SMILES string of the molecule is CC(C)C[C@@H]1NC(=O)CC[C@@H](C(=O)NCCOc2ccc(F)cc2)NC(=O)c2ccccc2OCCCNC1=O. The normalized spacial score (nSPS) is 18.9. The first-order valence-electron chi connectivity index (χ1n) is 13.5. The summed E-state index contributed by atoms with van der Waals surface area (Å²) in [6, 6.07) is 10.4. The molecule has 1 aliphatic heterocycles. The maximum atomic E-state index is 13.2. The fourth-order valence-corrected chi connectivity index (χ4v) is 4.12. The molecule has 0 fully saturated rings. The average molecular weight is 557 g/mol. The number of fused-ring (bicyclic) bond motifs is 1. The Morgan fingerprint density at radius 1 is 1.10 bits per heavy atom. The number of nitrogens with one attached hydrogen (secondary N) is 4. The number of amides is 4. The van der Waals surface area contributed by atoms with Gasteiger partial charge in [-0.25, -0.2) is 4.39 Å². The first kappa shape index (κ1) is 30.4. The van der Waals surface area contributed by atoms with Crippen molar-refractivity contribution < 1.29 is 33.0 Å². The third-order valence-electron chi connectivity index (χ3n) is 6.13. The van der Waals surface area contributed by atoms with Gasteiger partial charge in [0.25, 0.3) is 5.91 Å². The summed E-state index contributed by atoms with van der Waals surface area (Å²) in [7, 11) is 0. The topological polar surface area (TPSA) is 135 Å². The molecule has 10 nitrogen and oxygen atoms in total. The largest absolute Gasteiger partial charge is 0.493 e. The molecule has 0 spiro atoms. The van der Waals surface area contributed by atoms with Crippen molar-refractivity contribution in [3.8, 4) is 11.5 Å². The van der Waals surface area contributed by atoms with Crippen LogP contribution in [0.15, 0.2) is 48.5 Å². The van der Waals surface area contributed by atoms with Gasteiger partial charge in [0.1, 0.15) is 36.0 Å². The maximum absolute atomic E-state index is 13.2. The highest BCUT2D eigenvalue weighted by molar-refractivity contribution is 5.99. The number of para-hydroxylation sites is 1. The minimum atomic E-state index is -1.04. The fraction of sp³-hybridized carbons (Fsp3) is 0.448. The number of halogens is 1. The smallest absolute Gasteiger partial charge is 0.255 e. The van der Waals surface area contributed by atoms with E-state index in [9.17, 15) is 23.6 Å². The van der Waals surface area contributed by atoms with Crippen molar-refractivity contribution in [2.75, 3.05) is 26.3 Å². The molecule has 0 aromatic heterocycles. The summed E-state index contributed by atoms with van der Waals surface area (Å²) in [6.07, 6.45) is 0.858. The van der Waals surface area contributed by atoms with Crippen LogP contribution in [0.5, 0.6) is 11.5 Å². The molecule has 2 aromatic carbocycles. The Labute approximate surface area is 233 Å². The van der Waals surface area contributed by atoms with Gasteiger partial charge in [-0.2, -0.15) is 0 Å². The quantitative estimate of drug-likeness (QED) is 0.387. The molecule has 216 valence electrons. The van der Waals surface area contributed by atoms with Gasteiger partial charge in [-0.05, 0) is 61.6 Å². The van der Waals surface area contributed by atoms with Crippen LogP contribution in [0.2, 0.25) is 0 Å². The standard InChI is InChI=1S/C29H37FN4O6/c1-19(2)18-24-29(38)31-14-5-16-40-25-7-4-3-6-22(25)27(36)34-23(12-13-26(35)33-24)28(37)32-15-17-39-21-10-8-20(30)9-11-21/h3-4,6-11,19,23-24H,5,12-18H2,1-2H3,(H,31,38)(H,32,37)(H,33,35)(H,34,36)/t23-,24-/m0/s1. The Bertz CT molecular complexity index is 1160. The Morgan fingerprint density at radius 3 is 2.60 bits per heavy atom. The molecule has 0 bridgehead atoms. The molecule has 0 radical (unpaired) electrons. The van der Waals surface area contributed by atoms with Crippen LogP contribution >= 0.6 is 0 Å². The van der Waals surface area contributed by atoms with E-state index < -0.39 is 29.8 Å². The lowest BCUT2D eigenvalue weighted by molar-refractivity contribution is -0.129. The van der Waals surface area contributed by atoms with Crippen LogP contribution in [0.1, 0.15) is 49.9 Å². The van der Waals surface area contributed by atoms with Gasteiger partial charge in [0.05, 0.1) is 18.7 Å². The molecule has 0 aliphatic carbocycles. The van der Waals surface area contributed by atoms with Gasteiger partial charge in [0.2, 0.25) is 17.7 Å². The van der Waals surface area contributed by atoms with Gasteiger partial charge in [-0.15, -0.1) is 0 Å². The highest BCUT2D eigenvalue weighted by Gasteiger charge is 2.26. The number of carbonyl (C=O) groups excluding carboxylic acids is 4. The van der Waals surface area contributed by atoms with E-state index in [4.69, 9.17) is 9.47 Å². The monoisotopic (exact) mass is 556 g/mol. The van der Waals surface area contributed by atoms with Gasteiger partial charge in [0, 0.05) is 13.0 Å². The molecule has 11 heteroatoms. The molecule has 40 heavy (non-hydrogen) atoms. The van der Waals surface area contributed by atoms with Gasteiger partial charge < -0.3 is 30.7 Å². The van der Waals surface area contributed by atoms with Gasteiger partial charge >= 0.3 is 0 Å². The van der Waals surface area contributed by atoms with E-state index in [1.807, 2.05) is 13.8 Å². The zero-order valence-corrected chi connectivity index (χ0v) is 22.8. The van der Waals surface area contributed by atoms with Crippen LogP contribution in [0.4, 0.5) is 4.39 Å². The molecule has 4 N–H and O–H groups in total. The van der Waals surface area contributed by atoms with Crippen LogP contribution in [-0.2, 0) is 14.4 Å². The molecule has 3 rings (SSSR count). The number of hydrogen-bond donors (Lipinski definition) is 4. The van der Waals surface area contributed by atoms with Gasteiger partial charge in [-0.3, -0.25) is 19.2 Å². The molecule has 4 amide bonds. The lowest BCUT2D eigenvalue weighted by Gasteiger charge is -2.22. The van der Waals surface area contributed by atoms with E-state index in [0.717, 1.165) is 0 Å². The summed E-state index contributed by atoms with van der Waals surface area (Å²) < 4.78 is 24.4. The number of hydrogen-bond acceptors (Lipinski definition) is 6. The molecular weight excluding hydrogens is 519 g/mol. The minimum absolute atomic E-state index is 0.00126. The zero-order chi connectivity index (χ0) is 28.9. The molecule has 2 atom stereocenters. The van der Waals surface area contributed by atoms with E-state index in [2.05, 4.69) is 21.3 Å². The van der Waals surface area contributed by atoms with Crippen molar-refractivity contribution in [2.45, 2.75) is 51.6 Å². The number of benzene rings is 2. The number of ether oxygens (including phenoxy) is 2. The van der Waals surface area contributed by atoms with Crippen molar-refractivity contribution in [2.24, 2.45) is 5.92 Å². The Balaban J connectivity index is 1.71. The zero-order valence-electron chi connectivity index (χ0n) is 22.8. The van der Waals surface area contributed by atoms with E-state index in [1.54, 1.807) is 24.3 Å². The highest BCUT2D eigenvalue weighted by Crippen LogP contribution is 2.19. The molecule has 1 heterocycles. The summed E-state index contributed by atoms with van der Waals surface area (Å²) >= 11 is 0. The second-order valence-corrected chi connectivity index (χ2v) is 9.90. The van der Waals surface area contributed by atoms with Crippen molar-refractivity contribution in [1.82, 2.24) is 21.3 Å². The lowest BCUT2D eigenvalue weighted by atomic mass is 10.0. The van der Waals surface area contributed by atoms with E-state index >= 15 is 0 Å². The first-order chi connectivity index (χ1) is 19.2. The predicted molar refractivity (Wildman–Crippen MR) is 146 cm³/mol. The van der Waals surface area contributed by atoms with Crippen molar-refractivity contribution >= 4 is 23.6 Å². The average Bonchev–Trinajstić information content (AvgIpc) is 2.93. The lowest BCUT2D eigenvalue weighted by Crippen LogP contribution is -2.50. The summed E-state index contributed by atoms with van der Waals surface area (Å²) in [5.74, 6) is -1.12. The Morgan fingerprint density at radius 2 is 1.85 bits per heavy atom. The third-order valence-corrected chi connectivity index (χ3v) is 6.13. The fourth-order valence-electron chi connectivity index (χ4n) is 4.12. The second kappa shape index (κ2) is 15.4. The van der Waals surface area contributed by atoms with Crippen LogP contribution in [0.25, 0.3) is 0 Å². The van der Waals surface area contributed by atoms with E-state index in [0.29, 0.717) is 30.9 Å². The van der Waals surface area contributed by atoms with Crippen LogP contribution in [0.3, 0.4) is 0 Å². The second-order valence-electron chi connectivity index (χ2n) is 9.90. The third kappa shape index (κ3) is 9.87. The molecule has 0 saturated carbocycles. The summed E-state index contributed by atoms with van der Waals surface area (Å²) in [5.41, 5.74) is 0.248. The number of carbonyl (C=O) groups is 4. The van der Waals surface area contributed by atoms with E-state index in [-0.39, 0.29) is 55.8 Å². The predicted octanol–water partition coefficient (Wildman–Crippen LogP) is 2.33. The minimum Gasteiger partial charge on any atom is -0.493 e.